The van der Waals surface area contributed by atoms with Gasteiger partial charge in [-0.25, -0.2) is 0 Å². The van der Waals surface area contributed by atoms with Gasteiger partial charge in [-0.2, -0.15) is 0 Å². The first kappa shape index (κ1) is 10.1. The SMILES string of the molecule is CCC(=O)c1coc2c1C(=O)CN(C)C2. The molecule has 2 heterocycles. The van der Waals surface area contributed by atoms with E-state index < -0.39 is 0 Å². The molecule has 0 amide bonds. The normalized spacial score (nSPS) is 16.5. The molecule has 15 heavy (non-hydrogen) atoms. The van der Waals surface area contributed by atoms with Crippen LogP contribution < -0.4 is 0 Å². The zero-order chi connectivity index (χ0) is 11.0. The van der Waals surface area contributed by atoms with Gasteiger partial charge in [0.25, 0.3) is 0 Å². The average molecular weight is 207 g/mol. The average Bonchev–Trinajstić information content (AvgIpc) is 2.60. The Bertz CT molecular complexity index is 419. The molecule has 4 heteroatoms. The predicted octanol–water partition coefficient (Wildman–Crippen LogP) is 1.50. The van der Waals surface area contributed by atoms with Crippen molar-refractivity contribution in [3.05, 3.63) is 23.2 Å². The van der Waals surface area contributed by atoms with Gasteiger partial charge in [0.05, 0.1) is 24.2 Å². The number of rotatable bonds is 2. The summed E-state index contributed by atoms with van der Waals surface area (Å²) in [6, 6.07) is 0. The van der Waals surface area contributed by atoms with Crippen molar-refractivity contribution in [2.75, 3.05) is 13.6 Å². The van der Waals surface area contributed by atoms with E-state index in [2.05, 4.69) is 0 Å². The third-order valence-corrected chi connectivity index (χ3v) is 2.59. The minimum atomic E-state index is -0.0297. The molecule has 0 N–H and O–H groups in total. The van der Waals surface area contributed by atoms with Crippen molar-refractivity contribution in [3.8, 4) is 0 Å². The number of hydrogen-bond acceptors (Lipinski definition) is 4. The van der Waals surface area contributed by atoms with Crippen LogP contribution in [0.1, 0.15) is 39.8 Å². The van der Waals surface area contributed by atoms with Crippen LogP contribution in [0.3, 0.4) is 0 Å². The summed E-state index contributed by atoms with van der Waals surface area (Å²) in [5.41, 5.74) is 0.950. The Kier molecular flexibility index (Phi) is 2.44. The number of carbonyl (C=O) groups excluding carboxylic acids is 2. The van der Waals surface area contributed by atoms with Crippen LogP contribution in [0, 0.1) is 0 Å². The third-order valence-electron chi connectivity index (χ3n) is 2.59. The van der Waals surface area contributed by atoms with Gasteiger partial charge in [-0.15, -0.1) is 0 Å². The highest BCUT2D eigenvalue weighted by Gasteiger charge is 2.29. The smallest absolute Gasteiger partial charge is 0.181 e. The summed E-state index contributed by atoms with van der Waals surface area (Å²) in [6.07, 6.45) is 1.81. The van der Waals surface area contributed by atoms with E-state index in [1.165, 1.54) is 6.26 Å². The molecule has 1 aliphatic rings. The van der Waals surface area contributed by atoms with E-state index in [1.807, 2.05) is 11.9 Å². The number of furan rings is 1. The molecule has 4 nitrogen and oxygen atoms in total. The summed E-state index contributed by atoms with van der Waals surface area (Å²) < 4.78 is 5.27. The summed E-state index contributed by atoms with van der Waals surface area (Å²) >= 11 is 0. The quantitative estimate of drug-likeness (QED) is 0.689. The van der Waals surface area contributed by atoms with Crippen molar-refractivity contribution < 1.29 is 14.0 Å². The van der Waals surface area contributed by atoms with Gasteiger partial charge in [0.15, 0.2) is 11.6 Å². The molecule has 0 saturated heterocycles. The maximum Gasteiger partial charge on any atom is 0.181 e. The van der Waals surface area contributed by atoms with Crippen LogP contribution >= 0.6 is 0 Å². The van der Waals surface area contributed by atoms with Crippen molar-refractivity contribution in [1.82, 2.24) is 4.90 Å². The monoisotopic (exact) mass is 207 g/mol. The minimum Gasteiger partial charge on any atom is -0.466 e. The summed E-state index contributed by atoms with van der Waals surface area (Å²) in [7, 11) is 1.85. The fourth-order valence-corrected chi connectivity index (χ4v) is 1.84. The second kappa shape index (κ2) is 3.62. The van der Waals surface area contributed by atoms with E-state index in [9.17, 15) is 9.59 Å². The Hall–Kier alpha value is -1.42. The molecule has 0 bridgehead atoms. The topological polar surface area (TPSA) is 50.5 Å². The first-order chi connectivity index (χ1) is 7.13. The van der Waals surface area contributed by atoms with E-state index in [0.717, 1.165) is 0 Å². The van der Waals surface area contributed by atoms with Crippen molar-refractivity contribution >= 4 is 11.6 Å². The maximum atomic E-state index is 11.7. The van der Waals surface area contributed by atoms with Crippen molar-refractivity contribution in [2.24, 2.45) is 0 Å². The Labute approximate surface area is 87.9 Å². The Morgan fingerprint density at radius 1 is 1.53 bits per heavy atom. The molecular formula is C11H13NO3. The Morgan fingerprint density at radius 2 is 2.27 bits per heavy atom. The molecule has 1 aromatic heterocycles. The lowest BCUT2D eigenvalue weighted by Crippen LogP contribution is -2.31. The Balaban J connectivity index is 2.46. The van der Waals surface area contributed by atoms with Gasteiger partial charge < -0.3 is 4.42 Å². The number of Topliss-reactive ketones (excluding diaryl/α,β-unsaturated/α-hetero) is 2. The van der Waals surface area contributed by atoms with Gasteiger partial charge in [0.2, 0.25) is 0 Å². The van der Waals surface area contributed by atoms with E-state index in [0.29, 0.717) is 36.4 Å². The van der Waals surface area contributed by atoms with Crippen LogP contribution in [0.2, 0.25) is 0 Å². The predicted molar refractivity (Wildman–Crippen MR) is 54.0 cm³/mol. The highest BCUT2D eigenvalue weighted by Crippen LogP contribution is 2.24. The van der Waals surface area contributed by atoms with Crippen LogP contribution in [0.25, 0.3) is 0 Å². The lowest BCUT2D eigenvalue weighted by molar-refractivity contribution is 0.0901. The summed E-state index contributed by atoms with van der Waals surface area (Å²) in [5.74, 6) is 0.563. The molecule has 0 unspecified atom stereocenters. The van der Waals surface area contributed by atoms with E-state index in [-0.39, 0.29) is 11.6 Å². The van der Waals surface area contributed by atoms with Crippen LogP contribution in [0.15, 0.2) is 10.7 Å². The second-order valence-electron chi connectivity index (χ2n) is 3.82. The first-order valence-electron chi connectivity index (χ1n) is 4.98. The van der Waals surface area contributed by atoms with Gasteiger partial charge in [0, 0.05) is 6.42 Å². The number of fused-ring (bicyclic) bond motifs is 1. The molecule has 0 radical (unpaired) electrons. The standard InChI is InChI=1S/C11H13NO3/c1-3-8(13)7-6-15-10-5-12(2)4-9(14)11(7)10/h6H,3-5H2,1-2H3. The third kappa shape index (κ3) is 1.61. The number of ketones is 2. The molecular weight excluding hydrogens is 194 g/mol. The summed E-state index contributed by atoms with van der Waals surface area (Å²) in [4.78, 5) is 25.2. The van der Waals surface area contributed by atoms with E-state index in [4.69, 9.17) is 4.42 Å². The fourth-order valence-electron chi connectivity index (χ4n) is 1.84. The van der Waals surface area contributed by atoms with Crippen LogP contribution in [0.4, 0.5) is 0 Å². The van der Waals surface area contributed by atoms with Gasteiger partial charge >= 0.3 is 0 Å². The molecule has 2 rings (SSSR count). The number of likely N-dealkylation sites (N-methyl/N-ethyl adjacent to an activating group) is 1. The largest absolute Gasteiger partial charge is 0.466 e. The van der Waals surface area contributed by atoms with Crippen molar-refractivity contribution in [1.29, 1.82) is 0 Å². The molecule has 80 valence electrons. The molecule has 0 aliphatic carbocycles. The Morgan fingerprint density at radius 3 is 2.93 bits per heavy atom. The van der Waals surface area contributed by atoms with Crippen LogP contribution in [0.5, 0.6) is 0 Å². The number of hydrogen-bond donors (Lipinski definition) is 0. The van der Waals surface area contributed by atoms with Gasteiger partial charge in [-0.3, -0.25) is 14.5 Å². The number of carbonyl (C=O) groups is 2. The van der Waals surface area contributed by atoms with Crippen LogP contribution in [-0.2, 0) is 6.54 Å². The molecule has 0 fully saturated rings. The molecule has 1 aliphatic heterocycles. The highest BCUT2D eigenvalue weighted by atomic mass is 16.3. The van der Waals surface area contributed by atoms with Gasteiger partial charge in [0.1, 0.15) is 12.0 Å². The zero-order valence-corrected chi connectivity index (χ0v) is 8.87. The minimum absolute atomic E-state index is 0.0238. The lowest BCUT2D eigenvalue weighted by Gasteiger charge is -2.20. The summed E-state index contributed by atoms with van der Waals surface area (Å²) in [6.45, 7) is 2.73. The van der Waals surface area contributed by atoms with Crippen molar-refractivity contribution in [3.63, 3.8) is 0 Å². The maximum absolute atomic E-state index is 11.7. The van der Waals surface area contributed by atoms with E-state index in [1.54, 1.807) is 6.92 Å². The molecule has 0 aromatic carbocycles. The fraction of sp³-hybridized carbons (Fsp3) is 0.455. The second-order valence-corrected chi connectivity index (χ2v) is 3.82. The highest BCUT2D eigenvalue weighted by molar-refractivity contribution is 6.10. The lowest BCUT2D eigenvalue weighted by atomic mass is 9.99. The van der Waals surface area contributed by atoms with Crippen LogP contribution in [-0.4, -0.2) is 30.1 Å². The van der Waals surface area contributed by atoms with Crippen molar-refractivity contribution in [2.45, 2.75) is 19.9 Å². The van der Waals surface area contributed by atoms with Gasteiger partial charge in [-0.1, -0.05) is 6.92 Å². The molecule has 1 aromatic rings. The van der Waals surface area contributed by atoms with E-state index >= 15 is 0 Å². The van der Waals surface area contributed by atoms with Gasteiger partial charge in [-0.05, 0) is 7.05 Å². The molecule has 0 spiro atoms. The number of nitrogens with zero attached hydrogens (tertiary/aromatic N) is 1. The molecule has 0 saturated carbocycles. The molecule has 0 atom stereocenters. The zero-order valence-electron chi connectivity index (χ0n) is 8.87. The summed E-state index contributed by atoms with van der Waals surface area (Å²) in [5, 5.41) is 0. The first-order valence-corrected chi connectivity index (χ1v) is 4.98.